The van der Waals surface area contributed by atoms with Crippen LogP contribution in [-0.2, 0) is 20.9 Å². The van der Waals surface area contributed by atoms with E-state index in [1.807, 2.05) is 54.6 Å². The number of thiazole rings is 1. The highest BCUT2D eigenvalue weighted by Crippen LogP contribution is 2.45. The number of nitrogens with one attached hydrogen (secondary N) is 2. The van der Waals surface area contributed by atoms with Gasteiger partial charge in [0.25, 0.3) is 5.19 Å². The number of ether oxygens (including phenoxy) is 1. The van der Waals surface area contributed by atoms with Gasteiger partial charge < -0.3 is 25.4 Å². The fraction of sp³-hybridized carbons (Fsp3) is 0.438. The molecule has 2 aliphatic heterocycles. The molecule has 1 aliphatic carbocycles. The minimum Gasteiger partial charge on any atom is -0.479 e. The standard InChI is InChI=1S/C32H35ClN4O5S/c33-22-13-14-24-27(15-22)43-31(35-24)42-23-16-26-28(38)36-32(30(40)41)17-21(32)11-7-2-1-3-8-12-25(29(39)37(26)19-23)34-18-20-9-5-4-6-10-20/h4-7,9-11,13-15,21,23,25-26,34H,1-3,8,12,16-19H2,(H,36,38)(H,40,41)/b11-7-/t21-,23+,25-,26-,32+/m0/s1. The molecule has 3 heterocycles. The van der Waals surface area contributed by atoms with E-state index in [1.54, 1.807) is 11.0 Å². The zero-order valence-electron chi connectivity index (χ0n) is 23.7. The molecule has 0 bridgehead atoms. The van der Waals surface area contributed by atoms with Crippen molar-refractivity contribution in [3.63, 3.8) is 0 Å². The van der Waals surface area contributed by atoms with Crippen LogP contribution >= 0.6 is 22.9 Å². The second-order valence-corrected chi connectivity index (χ2v) is 13.1. The third kappa shape index (κ3) is 6.56. The van der Waals surface area contributed by atoms with Crippen LogP contribution in [0.5, 0.6) is 5.19 Å². The van der Waals surface area contributed by atoms with E-state index in [4.69, 9.17) is 16.3 Å². The molecular weight excluding hydrogens is 588 g/mol. The van der Waals surface area contributed by atoms with Crippen molar-refractivity contribution in [2.24, 2.45) is 5.92 Å². The summed E-state index contributed by atoms with van der Waals surface area (Å²) in [6.07, 6.45) is 8.24. The van der Waals surface area contributed by atoms with E-state index in [-0.39, 0.29) is 24.8 Å². The van der Waals surface area contributed by atoms with E-state index in [2.05, 4.69) is 15.6 Å². The molecule has 11 heteroatoms. The number of aliphatic carboxylic acids is 1. The molecule has 0 unspecified atom stereocenters. The summed E-state index contributed by atoms with van der Waals surface area (Å²) in [7, 11) is 0. The van der Waals surface area contributed by atoms with Crippen LogP contribution in [0.15, 0.2) is 60.7 Å². The van der Waals surface area contributed by atoms with Crippen LogP contribution in [0, 0.1) is 5.92 Å². The van der Waals surface area contributed by atoms with E-state index in [1.165, 1.54) is 11.3 Å². The Bertz CT molecular complexity index is 1530. The normalized spacial score (nSPS) is 28.7. The van der Waals surface area contributed by atoms with Crippen molar-refractivity contribution in [3.8, 4) is 5.19 Å². The molecule has 6 rings (SSSR count). The number of hydrogen-bond acceptors (Lipinski definition) is 7. The topological polar surface area (TPSA) is 121 Å². The fourth-order valence-corrected chi connectivity index (χ4v) is 7.27. The average Bonchev–Trinajstić information content (AvgIpc) is 3.31. The van der Waals surface area contributed by atoms with Gasteiger partial charge in [0, 0.05) is 23.9 Å². The van der Waals surface area contributed by atoms with Gasteiger partial charge in [-0.3, -0.25) is 9.59 Å². The van der Waals surface area contributed by atoms with Gasteiger partial charge in [0.1, 0.15) is 17.7 Å². The highest BCUT2D eigenvalue weighted by molar-refractivity contribution is 7.20. The first kappa shape index (κ1) is 29.6. The lowest BCUT2D eigenvalue weighted by Gasteiger charge is -2.29. The number of carboxylic acids is 1. The van der Waals surface area contributed by atoms with Crippen molar-refractivity contribution in [1.29, 1.82) is 0 Å². The quantitative estimate of drug-likeness (QED) is 0.333. The van der Waals surface area contributed by atoms with Crippen LogP contribution < -0.4 is 15.4 Å². The number of rotatable bonds is 6. The van der Waals surface area contributed by atoms with E-state index in [0.717, 1.165) is 41.5 Å². The van der Waals surface area contributed by atoms with Crippen molar-refractivity contribution in [3.05, 3.63) is 71.3 Å². The zero-order chi connectivity index (χ0) is 30.0. The maximum Gasteiger partial charge on any atom is 0.330 e. The van der Waals surface area contributed by atoms with Gasteiger partial charge in [0.15, 0.2) is 0 Å². The van der Waals surface area contributed by atoms with E-state index < -0.39 is 35.6 Å². The summed E-state index contributed by atoms with van der Waals surface area (Å²) in [6.45, 7) is 0.712. The number of carbonyl (C=O) groups is 3. The van der Waals surface area contributed by atoms with Crippen LogP contribution in [0.3, 0.4) is 0 Å². The van der Waals surface area contributed by atoms with Crippen LogP contribution in [0.2, 0.25) is 5.02 Å². The van der Waals surface area contributed by atoms with Crippen LogP contribution in [0.25, 0.3) is 10.2 Å². The SMILES string of the molecule is O=C1N[C@]2(C(=O)O)C[C@@H]2/C=C\CCCCC[C@H](NCc2ccccc2)C(=O)N2C[C@H](Oc3nc4ccc(Cl)cc4s3)C[C@@H]12. The Kier molecular flexibility index (Phi) is 8.70. The Morgan fingerprint density at radius 2 is 2.02 bits per heavy atom. The number of nitrogens with zero attached hydrogens (tertiary/aromatic N) is 2. The molecule has 1 saturated heterocycles. The van der Waals surface area contributed by atoms with Gasteiger partial charge in [0.05, 0.1) is 22.8 Å². The first-order valence-electron chi connectivity index (χ1n) is 14.8. The van der Waals surface area contributed by atoms with Gasteiger partial charge in [-0.15, -0.1) is 0 Å². The van der Waals surface area contributed by atoms with Crippen molar-refractivity contribution < 1.29 is 24.2 Å². The minimum atomic E-state index is -1.35. The van der Waals surface area contributed by atoms with Gasteiger partial charge in [-0.25, -0.2) is 9.78 Å². The summed E-state index contributed by atoms with van der Waals surface area (Å²) >= 11 is 7.51. The summed E-state index contributed by atoms with van der Waals surface area (Å²) in [5.41, 5.74) is 0.471. The molecule has 9 nitrogen and oxygen atoms in total. The molecule has 2 aromatic carbocycles. The van der Waals surface area contributed by atoms with E-state index >= 15 is 0 Å². The third-order valence-electron chi connectivity index (χ3n) is 8.61. The van der Waals surface area contributed by atoms with E-state index in [0.29, 0.717) is 29.6 Å². The summed E-state index contributed by atoms with van der Waals surface area (Å²) in [6, 6.07) is 14.0. The predicted octanol–water partition coefficient (Wildman–Crippen LogP) is 4.94. The van der Waals surface area contributed by atoms with E-state index in [9.17, 15) is 19.5 Å². The lowest BCUT2D eigenvalue weighted by Crippen LogP contribution is -2.55. The second kappa shape index (κ2) is 12.6. The molecule has 0 radical (unpaired) electrons. The number of benzene rings is 2. The first-order chi connectivity index (χ1) is 20.8. The average molecular weight is 623 g/mol. The Balaban J connectivity index is 1.26. The third-order valence-corrected chi connectivity index (χ3v) is 9.76. The molecule has 3 aliphatic rings. The lowest BCUT2D eigenvalue weighted by atomic mass is 10.0. The Morgan fingerprint density at radius 1 is 1.19 bits per heavy atom. The van der Waals surface area contributed by atoms with Crippen LogP contribution in [-0.4, -0.2) is 63.0 Å². The summed E-state index contributed by atoms with van der Waals surface area (Å²) in [4.78, 5) is 46.4. The Labute approximate surface area is 259 Å². The van der Waals surface area contributed by atoms with Crippen molar-refractivity contribution >= 4 is 50.9 Å². The number of carbonyl (C=O) groups excluding carboxylic acids is 2. The molecule has 1 saturated carbocycles. The maximum absolute atomic E-state index is 14.2. The molecule has 2 amide bonds. The number of allylic oxidation sites excluding steroid dienone is 1. The van der Waals surface area contributed by atoms with Gasteiger partial charge >= 0.3 is 5.97 Å². The molecule has 43 heavy (non-hydrogen) atoms. The van der Waals surface area contributed by atoms with Gasteiger partial charge in [-0.05, 0) is 49.4 Å². The predicted molar refractivity (Wildman–Crippen MR) is 165 cm³/mol. The number of halogens is 1. The Hall–Kier alpha value is -3.47. The van der Waals surface area contributed by atoms with Gasteiger partial charge in [-0.1, -0.05) is 78.3 Å². The van der Waals surface area contributed by atoms with Crippen molar-refractivity contribution in [2.45, 2.75) is 75.2 Å². The smallest absolute Gasteiger partial charge is 0.330 e. The molecule has 1 aromatic heterocycles. The molecule has 0 spiro atoms. The van der Waals surface area contributed by atoms with Crippen molar-refractivity contribution in [1.82, 2.24) is 20.5 Å². The molecular formula is C32H35ClN4O5S. The summed E-state index contributed by atoms with van der Waals surface area (Å²) < 4.78 is 7.14. The monoisotopic (exact) mass is 622 g/mol. The zero-order valence-corrected chi connectivity index (χ0v) is 25.3. The highest BCUT2D eigenvalue weighted by atomic mass is 35.5. The fourth-order valence-electron chi connectivity index (χ4n) is 6.11. The largest absolute Gasteiger partial charge is 0.479 e. The molecule has 3 N–H and O–H groups in total. The number of amides is 2. The summed E-state index contributed by atoms with van der Waals surface area (Å²) in [5, 5.41) is 17.4. The highest BCUT2D eigenvalue weighted by Gasteiger charge is 2.61. The molecule has 3 aromatic rings. The number of aromatic nitrogens is 1. The molecule has 5 atom stereocenters. The molecule has 2 fully saturated rings. The van der Waals surface area contributed by atoms with Crippen LogP contribution in [0.4, 0.5) is 0 Å². The van der Waals surface area contributed by atoms with Crippen LogP contribution in [0.1, 0.15) is 50.5 Å². The molecule has 226 valence electrons. The minimum absolute atomic E-state index is 0.178. The lowest BCUT2D eigenvalue weighted by molar-refractivity contribution is -0.145. The Morgan fingerprint density at radius 3 is 2.84 bits per heavy atom. The van der Waals surface area contributed by atoms with Gasteiger partial charge in [-0.2, -0.15) is 0 Å². The number of hydrogen-bond donors (Lipinski definition) is 3. The summed E-state index contributed by atoms with van der Waals surface area (Å²) in [5.74, 6) is -1.97. The number of fused-ring (bicyclic) bond motifs is 3. The van der Waals surface area contributed by atoms with Crippen molar-refractivity contribution in [2.75, 3.05) is 6.54 Å². The van der Waals surface area contributed by atoms with Gasteiger partial charge in [0.2, 0.25) is 11.8 Å². The number of carboxylic acid groups (broad SMARTS) is 1. The second-order valence-electron chi connectivity index (χ2n) is 11.6. The maximum atomic E-state index is 14.2. The first-order valence-corrected chi connectivity index (χ1v) is 16.0.